The van der Waals surface area contributed by atoms with E-state index in [4.69, 9.17) is 0 Å². The maximum atomic E-state index is 12.8. The molecule has 0 radical (unpaired) electrons. The molecule has 2 aromatic heterocycles. The Morgan fingerprint density at radius 2 is 1.96 bits per heavy atom. The lowest BCUT2D eigenvalue weighted by Crippen LogP contribution is -2.33. The average molecular weight is 371 g/mol. The van der Waals surface area contributed by atoms with Gasteiger partial charge in [-0.2, -0.15) is 0 Å². The van der Waals surface area contributed by atoms with Gasteiger partial charge in [0.1, 0.15) is 5.69 Å². The monoisotopic (exact) mass is 371 g/mol. The third kappa shape index (κ3) is 3.41. The molecular formula is C18H21N5O2S. The second-order valence-corrected chi connectivity index (χ2v) is 7.14. The molecule has 136 valence electrons. The Labute approximate surface area is 155 Å². The Morgan fingerprint density at radius 3 is 2.58 bits per heavy atom. The topological polar surface area (TPSA) is 72.2 Å². The summed E-state index contributed by atoms with van der Waals surface area (Å²) in [5.41, 5.74) is 2.28. The first-order chi connectivity index (χ1) is 12.4. The van der Waals surface area contributed by atoms with Gasteiger partial charge in [0.15, 0.2) is 0 Å². The van der Waals surface area contributed by atoms with Crippen molar-refractivity contribution < 1.29 is 4.79 Å². The average Bonchev–Trinajstić information content (AvgIpc) is 3.12. The number of para-hydroxylation sites is 1. The van der Waals surface area contributed by atoms with E-state index >= 15 is 0 Å². The minimum Gasteiger partial charge on any atom is -0.322 e. The van der Waals surface area contributed by atoms with E-state index in [1.54, 1.807) is 37.0 Å². The molecule has 1 N–H and O–H groups in total. The van der Waals surface area contributed by atoms with E-state index in [9.17, 15) is 9.59 Å². The molecule has 2 amide bonds. The van der Waals surface area contributed by atoms with Crippen LogP contribution in [0, 0.1) is 13.8 Å². The molecule has 0 fully saturated rings. The van der Waals surface area contributed by atoms with Crippen LogP contribution in [-0.4, -0.2) is 32.3 Å². The highest BCUT2D eigenvalue weighted by atomic mass is 32.1. The van der Waals surface area contributed by atoms with E-state index in [-0.39, 0.29) is 17.3 Å². The van der Waals surface area contributed by atoms with Gasteiger partial charge < -0.3 is 10.2 Å². The molecule has 26 heavy (non-hydrogen) atoms. The van der Waals surface area contributed by atoms with Crippen molar-refractivity contribution in [3.63, 3.8) is 0 Å². The second-order valence-electron chi connectivity index (χ2n) is 6.08. The van der Waals surface area contributed by atoms with Gasteiger partial charge in [-0.15, -0.1) is 11.3 Å². The van der Waals surface area contributed by atoms with E-state index in [1.165, 1.54) is 9.58 Å². The summed E-state index contributed by atoms with van der Waals surface area (Å²) in [6, 6.07) is 8.98. The van der Waals surface area contributed by atoms with Gasteiger partial charge in [-0.05, 0) is 26.0 Å². The number of nitrogens with zero attached hydrogens (tertiary/aromatic N) is 4. The number of aromatic nitrogens is 3. The largest absolute Gasteiger partial charge is 0.322 e. The predicted molar refractivity (Wildman–Crippen MR) is 103 cm³/mol. The summed E-state index contributed by atoms with van der Waals surface area (Å²) in [6.45, 7) is 4.11. The molecule has 0 saturated carbocycles. The normalized spacial score (nSPS) is 10.8. The first-order valence-corrected chi connectivity index (χ1v) is 9.03. The van der Waals surface area contributed by atoms with Gasteiger partial charge in [-0.3, -0.25) is 9.48 Å². The van der Waals surface area contributed by atoms with Crippen molar-refractivity contribution in [1.29, 1.82) is 0 Å². The highest BCUT2D eigenvalue weighted by molar-refractivity contribution is 7.09. The van der Waals surface area contributed by atoms with E-state index in [2.05, 4.69) is 10.3 Å². The summed E-state index contributed by atoms with van der Waals surface area (Å²) in [7, 11) is 3.47. The predicted octanol–water partition coefficient (Wildman–Crippen LogP) is 2.91. The second kappa shape index (κ2) is 7.17. The van der Waals surface area contributed by atoms with Gasteiger partial charge in [0.2, 0.25) is 0 Å². The molecule has 0 atom stereocenters. The number of urea groups is 1. The standard InChI is InChI=1S/C18H21N5O2S/c1-12-16(17(24)23(22(12)4)15-8-6-5-7-9-15)20-18(25)21(3)10-14-11-26-13(2)19-14/h5-9,11H,10H2,1-4H3,(H,20,25). The molecule has 0 bridgehead atoms. The highest BCUT2D eigenvalue weighted by Crippen LogP contribution is 2.15. The number of hydrogen-bond acceptors (Lipinski definition) is 4. The number of anilines is 1. The van der Waals surface area contributed by atoms with Crippen LogP contribution in [0.4, 0.5) is 10.5 Å². The van der Waals surface area contributed by atoms with Crippen LogP contribution in [0.5, 0.6) is 0 Å². The lowest BCUT2D eigenvalue weighted by molar-refractivity contribution is 0.220. The minimum atomic E-state index is -0.346. The first-order valence-electron chi connectivity index (χ1n) is 8.15. The fraction of sp³-hybridized carbons (Fsp3) is 0.278. The Balaban J connectivity index is 1.84. The lowest BCUT2D eigenvalue weighted by Gasteiger charge is -2.16. The zero-order valence-electron chi connectivity index (χ0n) is 15.2. The van der Waals surface area contributed by atoms with Crippen molar-refractivity contribution in [1.82, 2.24) is 19.2 Å². The molecule has 0 spiro atoms. The van der Waals surface area contributed by atoms with Crippen molar-refractivity contribution in [3.8, 4) is 5.69 Å². The Bertz CT molecular complexity index is 987. The quantitative estimate of drug-likeness (QED) is 0.766. The number of aryl methyl sites for hydroxylation is 1. The Morgan fingerprint density at radius 1 is 1.27 bits per heavy atom. The van der Waals surface area contributed by atoms with Gasteiger partial charge >= 0.3 is 6.03 Å². The van der Waals surface area contributed by atoms with Crippen LogP contribution in [0.1, 0.15) is 16.4 Å². The van der Waals surface area contributed by atoms with Crippen LogP contribution < -0.4 is 10.9 Å². The van der Waals surface area contributed by atoms with E-state index in [1.807, 2.05) is 42.6 Å². The first kappa shape index (κ1) is 17.9. The van der Waals surface area contributed by atoms with Crippen molar-refractivity contribution in [2.75, 3.05) is 12.4 Å². The number of nitrogens with one attached hydrogen (secondary N) is 1. The van der Waals surface area contributed by atoms with Gasteiger partial charge in [0.05, 0.1) is 28.6 Å². The zero-order chi connectivity index (χ0) is 18.8. The Hall–Kier alpha value is -2.87. The van der Waals surface area contributed by atoms with Crippen LogP contribution in [0.3, 0.4) is 0 Å². The number of rotatable bonds is 4. The van der Waals surface area contributed by atoms with E-state index in [0.29, 0.717) is 12.2 Å². The van der Waals surface area contributed by atoms with Crippen LogP contribution in [-0.2, 0) is 13.6 Å². The van der Waals surface area contributed by atoms with E-state index in [0.717, 1.165) is 16.4 Å². The minimum absolute atomic E-state index is 0.262. The number of thiazole rings is 1. The lowest BCUT2D eigenvalue weighted by atomic mass is 10.3. The fourth-order valence-corrected chi connectivity index (χ4v) is 3.31. The van der Waals surface area contributed by atoms with Crippen molar-refractivity contribution in [2.45, 2.75) is 20.4 Å². The van der Waals surface area contributed by atoms with Crippen LogP contribution in [0.25, 0.3) is 5.69 Å². The molecule has 0 aliphatic carbocycles. The van der Waals surface area contributed by atoms with Crippen molar-refractivity contribution in [2.24, 2.45) is 7.05 Å². The maximum Gasteiger partial charge on any atom is 0.322 e. The van der Waals surface area contributed by atoms with Crippen LogP contribution in [0.15, 0.2) is 40.5 Å². The van der Waals surface area contributed by atoms with Crippen molar-refractivity contribution >= 4 is 23.1 Å². The third-order valence-corrected chi connectivity index (χ3v) is 5.02. The highest BCUT2D eigenvalue weighted by Gasteiger charge is 2.20. The molecule has 0 aliphatic rings. The molecule has 1 aromatic carbocycles. The number of carbonyl (C=O) groups excluding carboxylic acids is 1. The summed E-state index contributed by atoms with van der Waals surface area (Å²) in [5, 5.41) is 5.63. The van der Waals surface area contributed by atoms with Gasteiger partial charge in [-0.25, -0.2) is 14.5 Å². The molecular weight excluding hydrogens is 350 g/mol. The smallest absolute Gasteiger partial charge is 0.322 e. The van der Waals surface area contributed by atoms with Crippen LogP contribution >= 0.6 is 11.3 Å². The maximum absolute atomic E-state index is 12.8. The molecule has 8 heteroatoms. The molecule has 3 aromatic rings. The number of carbonyl (C=O) groups is 1. The fourth-order valence-electron chi connectivity index (χ4n) is 2.71. The van der Waals surface area contributed by atoms with Crippen molar-refractivity contribution in [3.05, 3.63) is 62.5 Å². The van der Waals surface area contributed by atoms with Gasteiger partial charge in [0.25, 0.3) is 5.56 Å². The number of hydrogen-bond donors (Lipinski definition) is 1. The summed E-state index contributed by atoms with van der Waals surface area (Å²) in [5.74, 6) is 0. The van der Waals surface area contributed by atoms with E-state index < -0.39 is 0 Å². The SMILES string of the molecule is Cc1nc(CN(C)C(=O)Nc2c(C)n(C)n(-c3ccccc3)c2=O)cs1. The molecule has 0 aliphatic heterocycles. The zero-order valence-corrected chi connectivity index (χ0v) is 16.0. The van der Waals surface area contributed by atoms with Crippen LogP contribution in [0.2, 0.25) is 0 Å². The van der Waals surface area contributed by atoms with Gasteiger partial charge in [-0.1, -0.05) is 18.2 Å². The molecule has 2 heterocycles. The molecule has 3 rings (SSSR count). The number of amides is 2. The molecule has 0 unspecified atom stereocenters. The van der Waals surface area contributed by atoms with Gasteiger partial charge in [0, 0.05) is 19.5 Å². The third-order valence-electron chi connectivity index (χ3n) is 4.20. The molecule has 7 nitrogen and oxygen atoms in total. The molecule has 0 saturated heterocycles. The summed E-state index contributed by atoms with van der Waals surface area (Å²) in [4.78, 5) is 31.2. The Kier molecular flexibility index (Phi) is 4.94. The number of benzene rings is 1. The summed E-state index contributed by atoms with van der Waals surface area (Å²) < 4.78 is 3.27. The summed E-state index contributed by atoms with van der Waals surface area (Å²) >= 11 is 1.54. The summed E-state index contributed by atoms with van der Waals surface area (Å²) in [6.07, 6.45) is 0.